The molecule has 1 aliphatic rings. The Bertz CT molecular complexity index is 985. The van der Waals surface area contributed by atoms with E-state index in [0.29, 0.717) is 5.56 Å². The van der Waals surface area contributed by atoms with Crippen molar-refractivity contribution >= 4 is 11.7 Å². The Morgan fingerprint density at radius 2 is 1.97 bits per heavy atom. The van der Waals surface area contributed by atoms with Gasteiger partial charge in [0.05, 0.1) is 0 Å². The Balaban J connectivity index is 1.90. The zero-order valence-corrected chi connectivity index (χ0v) is 17.6. The molecule has 1 saturated carbocycles. The summed E-state index contributed by atoms with van der Waals surface area (Å²) in [4.78, 5) is 35.4. The highest BCUT2D eigenvalue weighted by Crippen LogP contribution is 2.44. The van der Waals surface area contributed by atoms with Crippen molar-refractivity contribution in [2.45, 2.75) is 50.6 Å². The van der Waals surface area contributed by atoms with Gasteiger partial charge in [-0.25, -0.2) is 0 Å². The Morgan fingerprint density at radius 1 is 1.29 bits per heavy atom. The molecular weight excluding hydrogens is 417 g/mol. The first kappa shape index (κ1) is 22.7. The molecule has 0 aliphatic heterocycles. The summed E-state index contributed by atoms with van der Waals surface area (Å²) in [5.74, 6) is -0.656. The number of hydrogen-bond acceptors (Lipinski definition) is 7. The summed E-state index contributed by atoms with van der Waals surface area (Å²) in [5, 5.41) is 3.80. The van der Waals surface area contributed by atoms with Gasteiger partial charge in [0.2, 0.25) is 11.8 Å². The van der Waals surface area contributed by atoms with Crippen molar-refractivity contribution in [3.8, 4) is 5.75 Å². The van der Waals surface area contributed by atoms with Crippen LogP contribution in [0.2, 0.25) is 0 Å². The van der Waals surface area contributed by atoms with Gasteiger partial charge in [0, 0.05) is 45.3 Å². The summed E-state index contributed by atoms with van der Waals surface area (Å²) in [6.45, 7) is 1.60. The number of likely N-dealkylation sites (N-methyl/N-ethyl adjacent to an activating group) is 1. The molecule has 0 N–H and O–H groups in total. The predicted molar refractivity (Wildman–Crippen MR) is 102 cm³/mol. The van der Waals surface area contributed by atoms with Crippen molar-refractivity contribution in [3.05, 3.63) is 35.2 Å². The van der Waals surface area contributed by atoms with E-state index in [4.69, 9.17) is 9.26 Å². The van der Waals surface area contributed by atoms with E-state index in [-0.39, 0.29) is 35.5 Å². The number of halogens is 3. The number of rotatable bonds is 8. The third kappa shape index (κ3) is 5.20. The number of carbonyl (C=O) groups is 2. The molecule has 0 bridgehead atoms. The second-order valence-electron chi connectivity index (χ2n) is 8.05. The van der Waals surface area contributed by atoms with E-state index in [2.05, 4.69) is 15.1 Å². The number of ether oxygens (including phenoxy) is 1. The SMILES string of the molecule is Cc1nc(C(C)(CC(=O)c2cc(OCC(F)(F)F)c(C3CC3)cn2)C(=O)N(C)C)no1. The van der Waals surface area contributed by atoms with Gasteiger partial charge in [0.15, 0.2) is 18.2 Å². The molecule has 8 nitrogen and oxygen atoms in total. The lowest BCUT2D eigenvalue weighted by Gasteiger charge is -2.27. The topological polar surface area (TPSA) is 98.4 Å². The van der Waals surface area contributed by atoms with Crippen molar-refractivity contribution in [2.75, 3.05) is 20.7 Å². The summed E-state index contributed by atoms with van der Waals surface area (Å²) in [6, 6.07) is 1.21. The van der Waals surface area contributed by atoms with E-state index >= 15 is 0 Å². The summed E-state index contributed by atoms with van der Waals surface area (Å²) < 4.78 is 47.9. The van der Waals surface area contributed by atoms with Crippen molar-refractivity contribution in [1.29, 1.82) is 0 Å². The molecule has 2 aromatic heterocycles. The summed E-state index contributed by atoms with van der Waals surface area (Å²) in [6.07, 6.45) is -1.84. The van der Waals surface area contributed by atoms with Gasteiger partial charge in [0.25, 0.3) is 0 Å². The maximum atomic E-state index is 13.0. The van der Waals surface area contributed by atoms with Gasteiger partial charge in [-0.1, -0.05) is 5.16 Å². The van der Waals surface area contributed by atoms with E-state index in [1.807, 2.05) is 0 Å². The van der Waals surface area contributed by atoms with Gasteiger partial charge in [-0.05, 0) is 25.7 Å². The zero-order valence-electron chi connectivity index (χ0n) is 17.6. The number of ketones is 1. The van der Waals surface area contributed by atoms with Crippen LogP contribution in [0.25, 0.3) is 0 Å². The lowest BCUT2D eigenvalue weighted by atomic mass is 9.82. The average Bonchev–Trinajstić information content (AvgIpc) is 3.44. The van der Waals surface area contributed by atoms with Crippen LogP contribution in [0.1, 0.15) is 59.9 Å². The number of carbonyl (C=O) groups excluding carboxylic acids is 2. The van der Waals surface area contributed by atoms with Crippen LogP contribution in [0.15, 0.2) is 16.8 Å². The first-order valence-corrected chi connectivity index (χ1v) is 9.66. The molecule has 2 heterocycles. The lowest BCUT2D eigenvalue weighted by molar-refractivity contribution is -0.153. The van der Waals surface area contributed by atoms with E-state index in [0.717, 1.165) is 12.8 Å². The largest absolute Gasteiger partial charge is 0.484 e. The van der Waals surface area contributed by atoms with Crippen molar-refractivity contribution in [2.24, 2.45) is 0 Å². The molecule has 3 rings (SSSR count). The number of aromatic nitrogens is 3. The second-order valence-corrected chi connectivity index (χ2v) is 8.05. The van der Waals surface area contributed by atoms with Gasteiger partial charge in [-0.2, -0.15) is 18.2 Å². The molecule has 1 amide bonds. The molecule has 0 radical (unpaired) electrons. The Hall–Kier alpha value is -2.98. The first-order chi connectivity index (χ1) is 14.4. The maximum absolute atomic E-state index is 13.0. The zero-order chi connectivity index (χ0) is 23.0. The first-order valence-electron chi connectivity index (χ1n) is 9.66. The van der Waals surface area contributed by atoms with E-state index in [1.165, 1.54) is 38.2 Å². The van der Waals surface area contributed by atoms with E-state index in [9.17, 15) is 22.8 Å². The molecule has 1 unspecified atom stereocenters. The second kappa shape index (κ2) is 8.27. The minimum absolute atomic E-state index is 0.0192. The smallest absolute Gasteiger partial charge is 0.422 e. The maximum Gasteiger partial charge on any atom is 0.422 e. The predicted octanol–water partition coefficient (Wildman–Crippen LogP) is 3.21. The molecule has 2 aromatic rings. The fraction of sp³-hybridized carbons (Fsp3) is 0.550. The summed E-state index contributed by atoms with van der Waals surface area (Å²) >= 11 is 0. The van der Waals surface area contributed by atoms with Crippen LogP contribution in [0.5, 0.6) is 5.75 Å². The summed E-state index contributed by atoms with van der Waals surface area (Å²) in [5.41, 5.74) is -0.997. The van der Waals surface area contributed by atoms with Crippen LogP contribution in [0, 0.1) is 6.92 Å². The van der Waals surface area contributed by atoms with E-state index < -0.39 is 29.9 Å². The van der Waals surface area contributed by atoms with Crippen molar-refractivity contribution < 1.29 is 32.0 Å². The molecule has 11 heteroatoms. The third-order valence-electron chi connectivity index (χ3n) is 5.00. The molecule has 1 fully saturated rings. The number of pyridine rings is 1. The molecule has 0 saturated heterocycles. The van der Waals surface area contributed by atoms with Gasteiger partial charge < -0.3 is 14.2 Å². The minimum Gasteiger partial charge on any atom is -0.484 e. The molecule has 1 atom stereocenters. The number of nitrogens with zero attached hydrogens (tertiary/aromatic N) is 4. The highest BCUT2D eigenvalue weighted by atomic mass is 19.4. The fourth-order valence-electron chi connectivity index (χ4n) is 3.26. The summed E-state index contributed by atoms with van der Waals surface area (Å²) in [7, 11) is 3.06. The molecule has 31 heavy (non-hydrogen) atoms. The van der Waals surface area contributed by atoms with Gasteiger partial charge in [0.1, 0.15) is 16.9 Å². The highest BCUT2D eigenvalue weighted by Gasteiger charge is 2.43. The normalized spacial score (nSPS) is 16.0. The Labute approximate surface area is 176 Å². The number of alkyl halides is 3. The van der Waals surface area contributed by atoms with Gasteiger partial charge >= 0.3 is 6.18 Å². The average molecular weight is 440 g/mol. The van der Waals surface area contributed by atoms with Gasteiger partial charge in [-0.15, -0.1) is 0 Å². The van der Waals surface area contributed by atoms with Crippen LogP contribution in [-0.2, 0) is 10.2 Å². The molecule has 0 spiro atoms. The van der Waals surface area contributed by atoms with Crippen LogP contribution in [-0.4, -0.2) is 58.6 Å². The highest BCUT2D eigenvalue weighted by molar-refractivity contribution is 6.00. The molecule has 168 valence electrons. The Morgan fingerprint density at radius 3 is 2.48 bits per heavy atom. The van der Waals surface area contributed by atoms with Crippen LogP contribution >= 0.6 is 0 Å². The quantitative estimate of drug-likeness (QED) is 0.581. The number of amides is 1. The molecule has 0 aromatic carbocycles. The van der Waals surface area contributed by atoms with Crippen molar-refractivity contribution in [1.82, 2.24) is 20.0 Å². The van der Waals surface area contributed by atoms with Gasteiger partial charge in [-0.3, -0.25) is 14.6 Å². The molecular formula is C20H23F3N4O4. The number of hydrogen-bond donors (Lipinski definition) is 0. The number of Topliss-reactive ketones (excluding diaryl/α,β-unsaturated/α-hetero) is 1. The minimum atomic E-state index is -4.51. The van der Waals surface area contributed by atoms with E-state index in [1.54, 1.807) is 6.92 Å². The van der Waals surface area contributed by atoms with Crippen LogP contribution in [0.3, 0.4) is 0 Å². The standard InChI is InChI=1S/C20H23F3N4O4/c1-11-25-17(26-31-11)19(2,18(29)27(3)4)8-15(28)14-7-16(30-10-20(21,22)23)13(9-24-14)12-5-6-12/h7,9,12H,5-6,8,10H2,1-4H3. The number of aryl methyl sites for hydroxylation is 1. The fourth-order valence-corrected chi connectivity index (χ4v) is 3.26. The Kier molecular flexibility index (Phi) is 6.06. The van der Waals surface area contributed by atoms with Crippen LogP contribution < -0.4 is 4.74 Å². The third-order valence-corrected chi connectivity index (χ3v) is 5.00. The monoisotopic (exact) mass is 440 g/mol. The van der Waals surface area contributed by atoms with Crippen LogP contribution in [0.4, 0.5) is 13.2 Å². The lowest BCUT2D eigenvalue weighted by Crippen LogP contribution is -2.44. The van der Waals surface area contributed by atoms with Crippen molar-refractivity contribution in [3.63, 3.8) is 0 Å². The molecule has 1 aliphatic carbocycles.